The summed E-state index contributed by atoms with van der Waals surface area (Å²) < 4.78 is 6.21. The second-order valence-corrected chi connectivity index (χ2v) is 22.5. The van der Waals surface area contributed by atoms with Crippen molar-refractivity contribution < 1.29 is 30.7 Å². The number of ether oxygens (including phenoxy) is 1. The normalized spacial score (nSPS) is 17.8. The third-order valence-electron chi connectivity index (χ3n) is 14.5. The second kappa shape index (κ2) is 39.7. The van der Waals surface area contributed by atoms with E-state index in [1.807, 2.05) is 0 Å². The van der Waals surface area contributed by atoms with E-state index in [9.17, 15) is 4.79 Å². The summed E-state index contributed by atoms with van der Waals surface area (Å²) in [7, 11) is 1.75. The molecule has 0 aliphatic heterocycles. The predicted octanol–water partition coefficient (Wildman–Crippen LogP) is 13.3. The Kier molecular flexibility index (Phi) is 36.7. The molecule has 1 aromatic carbocycles. The van der Waals surface area contributed by atoms with Gasteiger partial charge in [0, 0.05) is 0 Å². The van der Waals surface area contributed by atoms with Crippen molar-refractivity contribution in [2.45, 2.75) is 269 Å². The molecule has 4 nitrogen and oxygen atoms in total. The number of rotatable bonds is 44. The van der Waals surface area contributed by atoms with Gasteiger partial charge in [0.05, 0.1) is 0 Å². The molecule has 61 heavy (non-hydrogen) atoms. The quantitative estimate of drug-likeness (QED) is 0.0306. The zero-order valence-corrected chi connectivity index (χ0v) is 43.8. The van der Waals surface area contributed by atoms with Gasteiger partial charge in [-0.25, -0.2) is 0 Å². The molecule has 2 rings (SSSR count). The van der Waals surface area contributed by atoms with Crippen molar-refractivity contribution in [1.29, 1.82) is 0 Å². The molecular formula is C56H104IN2O2-. The van der Waals surface area contributed by atoms with Gasteiger partial charge in [0.2, 0.25) is 0 Å². The van der Waals surface area contributed by atoms with Crippen molar-refractivity contribution in [3.8, 4) is 5.75 Å². The van der Waals surface area contributed by atoms with Gasteiger partial charge in [-0.3, -0.25) is 0 Å². The van der Waals surface area contributed by atoms with E-state index in [0.29, 0.717) is 23.8 Å². The number of nitrogens with one attached hydrogen (secondary N) is 1. The molecule has 5 atom stereocenters. The fourth-order valence-electron chi connectivity index (χ4n) is 10.5. The number of hydrogen-bond donors (Lipinski definition) is 1. The number of hydrogen-bond acceptors (Lipinski definition) is 4. The summed E-state index contributed by atoms with van der Waals surface area (Å²) in [6.45, 7) is 12.5. The molecule has 0 spiro atoms. The van der Waals surface area contributed by atoms with Crippen LogP contribution >= 0.6 is 0 Å². The van der Waals surface area contributed by atoms with Gasteiger partial charge in [0.1, 0.15) is 0 Å². The van der Waals surface area contributed by atoms with Crippen LogP contribution in [0, 0.1) is 17.8 Å². The standard InChI is InChI=1S/C56H104IN2O2/c1-7-11-15-19-21-23-24-26-30-34-38-51(37-33-29-25-22-20-16-12-8-2)47-59(46-50(35-31-27-17-13-9-3)36-32-28-18-14-10-4)55(48-60)53-43-44-54(57-5)56(53)58-45-49-39-41-52(61-6)42-40-49/h39-42,48,50-51,53-56,58H,7-38,43-47H2,1-6H3/q-1. The molecule has 5 unspecified atom stereocenters. The topological polar surface area (TPSA) is 41.6 Å². The molecule has 0 heterocycles. The zero-order chi connectivity index (χ0) is 44.0. The molecule has 1 fully saturated rings. The predicted molar refractivity (Wildman–Crippen MR) is 265 cm³/mol. The van der Waals surface area contributed by atoms with Crippen LogP contribution in [-0.2, 0) is 11.3 Å². The Hall–Kier alpha value is -0.660. The molecule has 1 N–H and O–H groups in total. The van der Waals surface area contributed by atoms with E-state index in [0.717, 1.165) is 29.3 Å². The Morgan fingerprint density at radius 2 is 0.967 bits per heavy atom. The van der Waals surface area contributed by atoms with Gasteiger partial charge >= 0.3 is 290 Å². The van der Waals surface area contributed by atoms with Crippen molar-refractivity contribution in [3.05, 3.63) is 29.8 Å². The van der Waals surface area contributed by atoms with Crippen LogP contribution in [-0.4, -0.2) is 52.3 Å². The third-order valence-corrected chi connectivity index (χ3v) is 17.5. The molecule has 1 saturated carbocycles. The maximum atomic E-state index is 13.8. The Morgan fingerprint density at radius 1 is 0.590 bits per heavy atom. The number of carbonyl (C=O) groups excluding carboxylic acids is 1. The van der Waals surface area contributed by atoms with Crippen LogP contribution in [0.2, 0.25) is 0 Å². The SMILES string of the molecule is CCCCCCCCCCCCC(CCCCCCCCCC)CN(CC(CCCCCCC)CCCCCCC)C(C=O)C1CCC([I-]C)C1NCc1ccc(OC)cc1. The van der Waals surface area contributed by atoms with E-state index in [1.165, 1.54) is 230 Å². The number of halogens is 1. The Balaban J connectivity index is 2.32. The van der Waals surface area contributed by atoms with E-state index in [1.54, 1.807) is 7.11 Å². The van der Waals surface area contributed by atoms with E-state index in [2.05, 4.69) is 67.1 Å². The molecule has 0 radical (unpaired) electrons. The summed E-state index contributed by atoms with van der Waals surface area (Å²) in [5.41, 5.74) is 1.31. The van der Waals surface area contributed by atoms with Crippen LogP contribution in [0.4, 0.5) is 0 Å². The summed E-state index contributed by atoms with van der Waals surface area (Å²) >= 11 is 0.0780. The van der Waals surface area contributed by atoms with Gasteiger partial charge in [-0.05, 0) is 0 Å². The van der Waals surface area contributed by atoms with E-state index >= 15 is 0 Å². The van der Waals surface area contributed by atoms with Crippen molar-refractivity contribution in [3.63, 3.8) is 0 Å². The molecular weight excluding hydrogens is 860 g/mol. The van der Waals surface area contributed by atoms with Crippen LogP contribution in [0.1, 0.15) is 252 Å². The zero-order valence-electron chi connectivity index (χ0n) is 41.7. The summed E-state index contributed by atoms with van der Waals surface area (Å²) in [5, 5.41) is 4.11. The number of carbonyl (C=O) groups is 1. The number of methoxy groups -OCH3 is 1. The Morgan fingerprint density at radius 3 is 1.31 bits per heavy atom. The van der Waals surface area contributed by atoms with Gasteiger partial charge in [-0.1, -0.05) is 105 Å². The number of nitrogens with zero attached hydrogens (tertiary/aromatic N) is 1. The van der Waals surface area contributed by atoms with Gasteiger partial charge < -0.3 is 0 Å². The first-order chi connectivity index (χ1) is 30.0. The molecule has 1 aromatic rings. The van der Waals surface area contributed by atoms with Gasteiger partial charge in [0.15, 0.2) is 0 Å². The van der Waals surface area contributed by atoms with Gasteiger partial charge in [-0.15, -0.1) is 0 Å². The van der Waals surface area contributed by atoms with Crippen LogP contribution in [0.15, 0.2) is 24.3 Å². The van der Waals surface area contributed by atoms with E-state index < -0.39 is 0 Å². The van der Waals surface area contributed by atoms with E-state index in [4.69, 9.17) is 4.74 Å². The fraction of sp³-hybridized carbons (Fsp3) is 0.875. The molecule has 5 heteroatoms. The first-order valence-electron chi connectivity index (χ1n) is 27.1. The second-order valence-electron chi connectivity index (χ2n) is 19.7. The summed E-state index contributed by atoms with van der Waals surface area (Å²) in [5.74, 6) is 2.72. The average molecular weight is 964 g/mol. The molecule has 0 aromatic heterocycles. The van der Waals surface area contributed by atoms with Crippen molar-refractivity contribution in [2.75, 3.05) is 25.1 Å². The molecule has 1 aliphatic rings. The van der Waals surface area contributed by atoms with E-state index in [-0.39, 0.29) is 27.2 Å². The molecule has 1 aliphatic carbocycles. The molecule has 358 valence electrons. The molecule has 0 amide bonds. The number of alkyl halides is 2. The van der Waals surface area contributed by atoms with Crippen LogP contribution in [0.5, 0.6) is 5.75 Å². The monoisotopic (exact) mass is 964 g/mol. The first kappa shape index (κ1) is 56.5. The minimum atomic E-state index is 0.0189. The van der Waals surface area contributed by atoms with Crippen molar-refractivity contribution >= 4 is 6.29 Å². The summed E-state index contributed by atoms with van der Waals surface area (Å²) in [6, 6.07) is 9.05. The maximum absolute atomic E-state index is 13.8. The Labute approximate surface area is 392 Å². The van der Waals surface area contributed by atoms with Crippen LogP contribution in [0.25, 0.3) is 0 Å². The summed E-state index contributed by atoms with van der Waals surface area (Å²) in [6.07, 6.45) is 48.1. The van der Waals surface area contributed by atoms with Crippen molar-refractivity contribution in [2.24, 2.45) is 17.8 Å². The number of benzene rings is 1. The third kappa shape index (κ3) is 26.8. The molecule has 0 bridgehead atoms. The fourth-order valence-corrected chi connectivity index (χ4v) is 13.1. The number of unbranched alkanes of at least 4 members (excludes halogenated alkanes) is 24. The summed E-state index contributed by atoms with van der Waals surface area (Å²) in [4.78, 5) is 19.2. The Bertz CT molecular complexity index is 1080. The van der Waals surface area contributed by atoms with Gasteiger partial charge in [0.25, 0.3) is 0 Å². The van der Waals surface area contributed by atoms with Crippen LogP contribution < -0.4 is 31.3 Å². The molecule has 0 saturated heterocycles. The minimum absolute atomic E-state index is 0.0189. The number of aldehydes is 1. The average Bonchev–Trinajstić information content (AvgIpc) is 3.69. The van der Waals surface area contributed by atoms with Crippen LogP contribution in [0.3, 0.4) is 0 Å². The van der Waals surface area contributed by atoms with Gasteiger partial charge in [-0.2, -0.15) is 0 Å². The first-order valence-corrected chi connectivity index (χ1v) is 30.5. The van der Waals surface area contributed by atoms with Crippen molar-refractivity contribution in [1.82, 2.24) is 10.2 Å².